The van der Waals surface area contributed by atoms with Gasteiger partial charge in [-0.3, -0.25) is 4.79 Å². The molecule has 0 radical (unpaired) electrons. The molecule has 0 aromatic heterocycles. The molecule has 1 amide bonds. The fraction of sp³-hybridized carbons (Fsp3) is 0.125. The van der Waals surface area contributed by atoms with E-state index in [2.05, 4.69) is 5.32 Å². The molecule has 0 aliphatic rings. The van der Waals surface area contributed by atoms with E-state index in [-0.39, 0.29) is 5.91 Å². The molecule has 0 spiro atoms. The zero-order valence-electron chi connectivity index (χ0n) is 17.0. The van der Waals surface area contributed by atoms with Crippen LogP contribution < -0.4 is 19.5 Å². The standard InChI is InChI=1S/C24H21Cl2NO4/c1-29-21-12-17(8-11-23(28)27-18-9-10-19(25)20(26)14-18)13-22(30-2)24(21)31-15-16-6-4-3-5-7-16/h3-14H,15H2,1-2H3,(H,27,28)/b11-8+. The van der Waals surface area contributed by atoms with E-state index >= 15 is 0 Å². The van der Waals surface area contributed by atoms with Crippen LogP contribution in [0.5, 0.6) is 17.2 Å². The Kier molecular flexibility index (Phi) is 7.82. The van der Waals surface area contributed by atoms with Crippen molar-refractivity contribution in [1.29, 1.82) is 0 Å². The molecule has 7 heteroatoms. The van der Waals surface area contributed by atoms with Crippen LogP contribution in [0.2, 0.25) is 10.0 Å². The summed E-state index contributed by atoms with van der Waals surface area (Å²) in [6.07, 6.45) is 3.06. The van der Waals surface area contributed by atoms with Gasteiger partial charge in [-0.2, -0.15) is 0 Å². The van der Waals surface area contributed by atoms with Crippen LogP contribution in [-0.4, -0.2) is 20.1 Å². The Hall–Kier alpha value is -3.15. The maximum Gasteiger partial charge on any atom is 0.248 e. The number of carbonyl (C=O) groups excluding carboxylic acids is 1. The Morgan fingerprint density at radius 2 is 1.61 bits per heavy atom. The normalized spacial score (nSPS) is 10.7. The highest BCUT2D eigenvalue weighted by Crippen LogP contribution is 2.39. The van der Waals surface area contributed by atoms with E-state index in [0.29, 0.717) is 45.2 Å². The topological polar surface area (TPSA) is 56.8 Å². The smallest absolute Gasteiger partial charge is 0.248 e. The first kappa shape index (κ1) is 22.5. The van der Waals surface area contributed by atoms with Gasteiger partial charge in [0.1, 0.15) is 6.61 Å². The first-order valence-corrected chi connectivity index (χ1v) is 10.1. The molecule has 0 fully saturated rings. The lowest BCUT2D eigenvalue weighted by Gasteiger charge is -2.15. The van der Waals surface area contributed by atoms with Crippen molar-refractivity contribution in [3.8, 4) is 17.2 Å². The van der Waals surface area contributed by atoms with Gasteiger partial charge in [0.2, 0.25) is 11.7 Å². The molecule has 5 nitrogen and oxygen atoms in total. The molecular weight excluding hydrogens is 437 g/mol. The van der Waals surface area contributed by atoms with Gasteiger partial charge < -0.3 is 19.5 Å². The maximum absolute atomic E-state index is 12.3. The molecule has 0 aliphatic heterocycles. The van der Waals surface area contributed by atoms with Gasteiger partial charge in [0.05, 0.1) is 24.3 Å². The summed E-state index contributed by atoms with van der Waals surface area (Å²) in [4.78, 5) is 12.3. The molecule has 3 aromatic carbocycles. The highest BCUT2D eigenvalue weighted by atomic mass is 35.5. The average Bonchev–Trinajstić information content (AvgIpc) is 2.79. The second-order valence-electron chi connectivity index (χ2n) is 6.48. The van der Waals surface area contributed by atoms with Crippen molar-refractivity contribution in [2.45, 2.75) is 6.61 Å². The van der Waals surface area contributed by atoms with Crippen LogP contribution >= 0.6 is 23.2 Å². The summed E-state index contributed by atoms with van der Waals surface area (Å²) >= 11 is 11.9. The van der Waals surface area contributed by atoms with Crippen LogP contribution in [0.15, 0.2) is 66.7 Å². The quantitative estimate of drug-likeness (QED) is 0.406. The third-order valence-electron chi connectivity index (χ3n) is 4.32. The number of amides is 1. The molecule has 0 aliphatic carbocycles. The fourth-order valence-corrected chi connectivity index (χ4v) is 3.10. The average molecular weight is 458 g/mol. The number of nitrogens with one attached hydrogen (secondary N) is 1. The second kappa shape index (κ2) is 10.8. The molecule has 0 heterocycles. The molecular formula is C24H21Cl2NO4. The number of anilines is 1. The molecule has 31 heavy (non-hydrogen) atoms. The van der Waals surface area contributed by atoms with Gasteiger partial charge in [0.15, 0.2) is 11.5 Å². The van der Waals surface area contributed by atoms with E-state index in [1.54, 1.807) is 50.6 Å². The molecule has 3 rings (SSSR count). The van der Waals surface area contributed by atoms with E-state index < -0.39 is 0 Å². The van der Waals surface area contributed by atoms with Crippen molar-refractivity contribution in [1.82, 2.24) is 0 Å². The summed E-state index contributed by atoms with van der Waals surface area (Å²) in [5.41, 5.74) is 2.28. The van der Waals surface area contributed by atoms with Crippen molar-refractivity contribution in [3.05, 3.63) is 87.9 Å². The van der Waals surface area contributed by atoms with Crippen molar-refractivity contribution in [3.63, 3.8) is 0 Å². The Bertz CT molecular complexity index is 1060. The summed E-state index contributed by atoms with van der Waals surface area (Å²) in [6, 6.07) is 18.2. The summed E-state index contributed by atoms with van der Waals surface area (Å²) in [5, 5.41) is 3.52. The summed E-state index contributed by atoms with van der Waals surface area (Å²) in [6.45, 7) is 0.370. The summed E-state index contributed by atoms with van der Waals surface area (Å²) in [7, 11) is 3.10. The fourth-order valence-electron chi connectivity index (χ4n) is 2.80. The molecule has 0 bridgehead atoms. The van der Waals surface area contributed by atoms with Gasteiger partial charge in [-0.05, 0) is 47.5 Å². The van der Waals surface area contributed by atoms with E-state index in [9.17, 15) is 4.79 Å². The van der Waals surface area contributed by atoms with Gasteiger partial charge in [0.25, 0.3) is 0 Å². The third-order valence-corrected chi connectivity index (χ3v) is 5.06. The zero-order valence-corrected chi connectivity index (χ0v) is 18.5. The van der Waals surface area contributed by atoms with Gasteiger partial charge in [0, 0.05) is 11.8 Å². The first-order chi connectivity index (χ1) is 15.0. The number of hydrogen-bond donors (Lipinski definition) is 1. The Balaban J connectivity index is 1.74. The van der Waals surface area contributed by atoms with E-state index in [1.807, 2.05) is 30.3 Å². The maximum atomic E-state index is 12.3. The van der Waals surface area contributed by atoms with Gasteiger partial charge in [-0.15, -0.1) is 0 Å². The minimum Gasteiger partial charge on any atom is -0.493 e. The number of carbonyl (C=O) groups is 1. The SMILES string of the molecule is COc1cc(/C=C/C(=O)Nc2ccc(Cl)c(Cl)c2)cc(OC)c1OCc1ccccc1. The summed E-state index contributed by atoms with van der Waals surface area (Å²) < 4.78 is 16.9. The number of benzene rings is 3. The number of rotatable bonds is 8. The van der Waals surface area contributed by atoms with Crippen LogP contribution in [0.25, 0.3) is 6.08 Å². The lowest BCUT2D eigenvalue weighted by molar-refractivity contribution is -0.111. The van der Waals surface area contributed by atoms with Crippen molar-refractivity contribution < 1.29 is 19.0 Å². The van der Waals surface area contributed by atoms with Gasteiger partial charge >= 0.3 is 0 Å². The molecule has 0 saturated heterocycles. The molecule has 3 aromatic rings. The number of ether oxygens (including phenoxy) is 3. The van der Waals surface area contributed by atoms with Crippen molar-refractivity contribution in [2.75, 3.05) is 19.5 Å². The molecule has 0 atom stereocenters. The van der Waals surface area contributed by atoms with Crippen LogP contribution in [0.3, 0.4) is 0 Å². The Labute approximate surface area is 191 Å². The summed E-state index contributed by atoms with van der Waals surface area (Å²) in [5.74, 6) is 1.17. The Morgan fingerprint density at radius 1 is 0.935 bits per heavy atom. The lowest BCUT2D eigenvalue weighted by atomic mass is 10.1. The van der Waals surface area contributed by atoms with Gasteiger partial charge in [-0.1, -0.05) is 53.5 Å². The van der Waals surface area contributed by atoms with Crippen LogP contribution in [0.4, 0.5) is 5.69 Å². The predicted octanol–water partition coefficient (Wildman–Crippen LogP) is 6.24. The van der Waals surface area contributed by atoms with Gasteiger partial charge in [-0.25, -0.2) is 0 Å². The van der Waals surface area contributed by atoms with E-state index in [0.717, 1.165) is 5.56 Å². The van der Waals surface area contributed by atoms with E-state index in [1.165, 1.54) is 6.08 Å². The molecule has 0 saturated carbocycles. The largest absolute Gasteiger partial charge is 0.493 e. The van der Waals surface area contributed by atoms with Crippen LogP contribution in [0, 0.1) is 0 Å². The third kappa shape index (κ3) is 6.17. The monoisotopic (exact) mass is 457 g/mol. The molecule has 0 unspecified atom stereocenters. The lowest BCUT2D eigenvalue weighted by Crippen LogP contribution is -2.07. The minimum absolute atomic E-state index is 0.319. The zero-order chi connectivity index (χ0) is 22.2. The Morgan fingerprint density at radius 3 is 2.23 bits per heavy atom. The van der Waals surface area contributed by atoms with Crippen LogP contribution in [0.1, 0.15) is 11.1 Å². The minimum atomic E-state index is -0.319. The molecule has 160 valence electrons. The van der Waals surface area contributed by atoms with Crippen molar-refractivity contribution >= 4 is 40.9 Å². The number of hydrogen-bond acceptors (Lipinski definition) is 4. The first-order valence-electron chi connectivity index (χ1n) is 9.37. The number of methoxy groups -OCH3 is 2. The van der Waals surface area contributed by atoms with Crippen LogP contribution in [-0.2, 0) is 11.4 Å². The highest BCUT2D eigenvalue weighted by Gasteiger charge is 2.14. The number of halogens is 2. The second-order valence-corrected chi connectivity index (χ2v) is 7.29. The van der Waals surface area contributed by atoms with E-state index in [4.69, 9.17) is 37.4 Å². The highest BCUT2D eigenvalue weighted by molar-refractivity contribution is 6.42. The van der Waals surface area contributed by atoms with Crippen molar-refractivity contribution in [2.24, 2.45) is 0 Å². The molecule has 1 N–H and O–H groups in total. The predicted molar refractivity (Wildman–Crippen MR) is 124 cm³/mol.